The summed E-state index contributed by atoms with van der Waals surface area (Å²) in [4.78, 5) is 22.9. The number of nitrogens with zero attached hydrogens (tertiary/aromatic N) is 3. The number of anilines is 1. The lowest BCUT2D eigenvalue weighted by Gasteiger charge is -2.32. The Morgan fingerprint density at radius 3 is 2.95 bits per heavy atom. The molecule has 1 fully saturated rings. The van der Waals surface area contributed by atoms with Crippen molar-refractivity contribution in [3.63, 3.8) is 0 Å². The van der Waals surface area contributed by atoms with Crippen molar-refractivity contribution >= 4 is 11.9 Å². The Morgan fingerprint density at radius 2 is 2.25 bits per heavy atom. The van der Waals surface area contributed by atoms with E-state index >= 15 is 0 Å². The molecule has 1 amide bonds. The molecule has 0 bridgehead atoms. The van der Waals surface area contributed by atoms with Gasteiger partial charge in [-0.3, -0.25) is 4.79 Å². The summed E-state index contributed by atoms with van der Waals surface area (Å²) >= 11 is 0. The van der Waals surface area contributed by atoms with E-state index < -0.39 is 0 Å². The van der Waals surface area contributed by atoms with Crippen LogP contribution in [0.15, 0.2) is 18.5 Å². The van der Waals surface area contributed by atoms with Gasteiger partial charge in [0.05, 0.1) is 5.92 Å². The van der Waals surface area contributed by atoms with Crippen molar-refractivity contribution < 1.29 is 4.79 Å². The van der Waals surface area contributed by atoms with Gasteiger partial charge in [0.25, 0.3) is 0 Å². The predicted molar refractivity (Wildman–Crippen MR) is 79.5 cm³/mol. The van der Waals surface area contributed by atoms with E-state index in [9.17, 15) is 4.79 Å². The van der Waals surface area contributed by atoms with Crippen LogP contribution in [0.4, 0.5) is 5.95 Å². The first-order valence-electron chi connectivity index (χ1n) is 7.53. The monoisotopic (exact) mass is 276 g/mol. The number of nitrogens with one attached hydrogen (secondary N) is 1. The topological polar surface area (TPSA) is 58.1 Å². The molecule has 0 unspecified atom stereocenters. The van der Waals surface area contributed by atoms with Crippen LogP contribution in [0.2, 0.25) is 0 Å². The summed E-state index contributed by atoms with van der Waals surface area (Å²) in [6.07, 6.45) is 7.58. The first kappa shape index (κ1) is 14.8. The third kappa shape index (κ3) is 3.92. The molecule has 1 aliphatic heterocycles. The van der Waals surface area contributed by atoms with Gasteiger partial charge < -0.3 is 10.2 Å². The highest BCUT2D eigenvalue weighted by Gasteiger charge is 2.27. The zero-order chi connectivity index (χ0) is 14.4. The van der Waals surface area contributed by atoms with Crippen molar-refractivity contribution in [3.05, 3.63) is 18.5 Å². The molecule has 5 nitrogen and oxygen atoms in total. The molecule has 5 heteroatoms. The third-order valence-electron chi connectivity index (χ3n) is 3.74. The van der Waals surface area contributed by atoms with Crippen molar-refractivity contribution in [2.24, 2.45) is 5.92 Å². The standard InChI is InChI=1S/C15H24N4O/c1-3-6-12(2)18-14(20)13-7-4-10-19(11-13)15-16-8-5-9-17-15/h5,8-9,12-13H,3-4,6-7,10-11H2,1-2H3,(H,18,20)/t12-,13-/m1/s1. The van der Waals surface area contributed by atoms with Crippen LogP contribution < -0.4 is 10.2 Å². The lowest BCUT2D eigenvalue weighted by atomic mass is 9.97. The highest BCUT2D eigenvalue weighted by atomic mass is 16.2. The summed E-state index contributed by atoms with van der Waals surface area (Å²) in [7, 11) is 0. The second-order valence-corrected chi connectivity index (χ2v) is 5.53. The van der Waals surface area contributed by atoms with Crippen molar-refractivity contribution in [1.82, 2.24) is 15.3 Å². The average Bonchev–Trinajstić information content (AvgIpc) is 2.48. The summed E-state index contributed by atoms with van der Waals surface area (Å²) in [6.45, 7) is 5.85. The molecule has 0 radical (unpaired) electrons. The Morgan fingerprint density at radius 1 is 1.50 bits per heavy atom. The summed E-state index contributed by atoms with van der Waals surface area (Å²) < 4.78 is 0. The van der Waals surface area contributed by atoms with Gasteiger partial charge in [0, 0.05) is 31.5 Å². The van der Waals surface area contributed by atoms with Crippen LogP contribution in [0, 0.1) is 5.92 Å². The minimum atomic E-state index is 0.0480. The van der Waals surface area contributed by atoms with E-state index in [2.05, 4.69) is 34.0 Å². The molecular formula is C15H24N4O. The molecule has 2 heterocycles. The molecule has 2 rings (SSSR count). The first-order valence-corrected chi connectivity index (χ1v) is 7.53. The number of aromatic nitrogens is 2. The zero-order valence-corrected chi connectivity index (χ0v) is 12.4. The van der Waals surface area contributed by atoms with E-state index in [4.69, 9.17) is 0 Å². The van der Waals surface area contributed by atoms with Crippen molar-refractivity contribution in [2.75, 3.05) is 18.0 Å². The predicted octanol–water partition coefficient (Wildman–Crippen LogP) is 2.00. The van der Waals surface area contributed by atoms with E-state index in [-0.39, 0.29) is 17.9 Å². The fourth-order valence-corrected chi connectivity index (χ4v) is 2.69. The van der Waals surface area contributed by atoms with E-state index in [1.54, 1.807) is 12.4 Å². The second kappa shape index (κ2) is 7.22. The number of hydrogen-bond acceptors (Lipinski definition) is 4. The molecular weight excluding hydrogens is 252 g/mol. The highest BCUT2D eigenvalue weighted by molar-refractivity contribution is 5.79. The fraction of sp³-hybridized carbons (Fsp3) is 0.667. The minimum Gasteiger partial charge on any atom is -0.353 e. The lowest BCUT2D eigenvalue weighted by molar-refractivity contribution is -0.125. The molecule has 1 aromatic heterocycles. The highest BCUT2D eigenvalue weighted by Crippen LogP contribution is 2.20. The molecule has 1 N–H and O–H groups in total. The molecule has 1 aromatic rings. The second-order valence-electron chi connectivity index (χ2n) is 5.53. The molecule has 0 saturated carbocycles. The first-order chi connectivity index (χ1) is 9.70. The van der Waals surface area contributed by atoms with Gasteiger partial charge in [-0.05, 0) is 32.3 Å². The van der Waals surface area contributed by atoms with Gasteiger partial charge in [-0.2, -0.15) is 0 Å². The van der Waals surface area contributed by atoms with Gasteiger partial charge in [0.15, 0.2) is 0 Å². The van der Waals surface area contributed by atoms with Crippen LogP contribution in [0.3, 0.4) is 0 Å². The van der Waals surface area contributed by atoms with E-state index in [1.807, 2.05) is 6.07 Å². The maximum Gasteiger partial charge on any atom is 0.225 e. The van der Waals surface area contributed by atoms with Gasteiger partial charge in [0.2, 0.25) is 11.9 Å². The third-order valence-corrected chi connectivity index (χ3v) is 3.74. The van der Waals surface area contributed by atoms with Gasteiger partial charge in [0.1, 0.15) is 0 Å². The van der Waals surface area contributed by atoms with Crippen LogP contribution in [0.25, 0.3) is 0 Å². The van der Waals surface area contributed by atoms with E-state index in [0.717, 1.165) is 38.2 Å². The average molecular weight is 276 g/mol. The number of carbonyl (C=O) groups excluding carboxylic acids is 1. The maximum atomic E-state index is 12.3. The molecule has 0 aromatic carbocycles. The van der Waals surface area contributed by atoms with E-state index in [0.29, 0.717) is 6.54 Å². The van der Waals surface area contributed by atoms with E-state index in [1.165, 1.54) is 0 Å². The largest absolute Gasteiger partial charge is 0.353 e. The maximum absolute atomic E-state index is 12.3. The van der Waals surface area contributed by atoms with Crippen molar-refractivity contribution in [1.29, 1.82) is 0 Å². The lowest BCUT2D eigenvalue weighted by Crippen LogP contribution is -2.45. The molecule has 2 atom stereocenters. The normalized spacial score (nSPS) is 20.5. The molecule has 1 saturated heterocycles. The number of piperidine rings is 1. The molecule has 1 aliphatic rings. The van der Waals surface area contributed by atoms with Crippen LogP contribution >= 0.6 is 0 Å². The molecule has 0 spiro atoms. The Balaban J connectivity index is 1.91. The van der Waals surface area contributed by atoms with Crippen molar-refractivity contribution in [2.45, 2.75) is 45.6 Å². The van der Waals surface area contributed by atoms with Gasteiger partial charge in [-0.1, -0.05) is 13.3 Å². The molecule has 20 heavy (non-hydrogen) atoms. The molecule has 0 aliphatic carbocycles. The summed E-state index contributed by atoms with van der Waals surface area (Å²) in [5.74, 6) is 0.949. The quantitative estimate of drug-likeness (QED) is 0.893. The van der Waals surface area contributed by atoms with Gasteiger partial charge >= 0.3 is 0 Å². The number of amides is 1. The minimum absolute atomic E-state index is 0.0480. The Labute approximate surface area is 120 Å². The molecule has 110 valence electrons. The van der Waals surface area contributed by atoms with Crippen molar-refractivity contribution in [3.8, 4) is 0 Å². The van der Waals surface area contributed by atoms with Gasteiger partial charge in [-0.25, -0.2) is 9.97 Å². The van der Waals surface area contributed by atoms with Crippen LogP contribution in [-0.2, 0) is 4.79 Å². The smallest absolute Gasteiger partial charge is 0.225 e. The summed E-state index contributed by atoms with van der Waals surface area (Å²) in [5.41, 5.74) is 0. The SMILES string of the molecule is CCC[C@@H](C)NC(=O)[C@@H]1CCCN(c2ncccn2)C1. The number of rotatable bonds is 5. The number of carbonyl (C=O) groups is 1. The summed E-state index contributed by atoms with van der Waals surface area (Å²) in [5, 5.41) is 3.12. The Bertz CT molecular complexity index is 423. The van der Waals surface area contributed by atoms with Crippen LogP contribution in [-0.4, -0.2) is 35.0 Å². The van der Waals surface area contributed by atoms with Gasteiger partial charge in [-0.15, -0.1) is 0 Å². The Hall–Kier alpha value is -1.65. The van der Waals surface area contributed by atoms with Crippen LogP contribution in [0.5, 0.6) is 0 Å². The summed E-state index contributed by atoms with van der Waals surface area (Å²) in [6, 6.07) is 2.07. The number of hydrogen-bond donors (Lipinski definition) is 1. The Kier molecular flexibility index (Phi) is 5.32. The fourth-order valence-electron chi connectivity index (χ4n) is 2.69. The van der Waals surface area contributed by atoms with Crippen LogP contribution in [0.1, 0.15) is 39.5 Å². The zero-order valence-electron chi connectivity index (χ0n) is 12.4.